The summed E-state index contributed by atoms with van der Waals surface area (Å²) in [5.74, 6) is -2.48. The van der Waals surface area contributed by atoms with Crippen LogP contribution in [0, 0.1) is 11.8 Å². The van der Waals surface area contributed by atoms with Gasteiger partial charge in [-0.05, 0) is 56.0 Å². The van der Waals surface area contributed by atoms with Crippen LogP contribution >= 0.6 is 23.4 Å². The van der Waals surface area contributed by atoms with Crippen molar-refractivity contribution >= 4 is 46.8 Å². The molecule has 3 aliphatic heterocycles. The van der Waals surface area contributed by atoms with E-state index < -0.39 is 39.4 Å². The fourth-order valence-corrected chi connectivity index (χ4v) is 9.37. The van der Waals surface area contributed by atoms with Crippen LogP contribution in [0.25, 0.3) is 0 Å². The predicted octanol–water partition coefficient (Wildman–Crippen LogP) is 5.19. The Morgan fingerprint density at radius 2 is 1.88 bits per heavy atom. The van der Waals surface area contributed by atoms with Crippen LogP contribution in [0.2, 0.25) is 5.02 Å². The van der Waals surface area contributed by atoms with Crippen molar-refractivity contribution in [3.05, 3.63) is 90.5 Å². The van der Waals surface area contributed by atoms with Gasteiger partial charge in [-0.1, -0.05) is 54.1 Å². The molecule has 1 spiro atoms. The lowest BCUT2D eigenvalue weighted by Crippen LogP contribution is -2.56. The lowest BCUT2D eigenvalue weighted by atomic mass is 9.66. The maximum atomic E-state index is 14.8. The number of ether oxygens (including phenoxy) is 1. The number of fused-ring (bicyclic) bond motifs is 1. The van der Waals surface area contributed by atoms with Crippen LogP contribution in [-0.4, -0.2) is 63.1 Å². The molecule has 2 bridgehead atoms. The van der Waals surface area contributed by atoms with Crippen LogP contribution < -0.4 is 4.90 Å². The molecule has 0 aromatic heterocycles. The number of hydrogen-bond donors (Lipinski definition) is 1. The van der Waals surface area contributed by atoms with Crippen molar-refractivity contribution in [3.8, 4) is 0 Å². The highest BCUT2D eigenvalue weighted by Crippen LogP contribution is 2.72. The van der Waals surface area contributed by atoms with E-state index in [1.54, 1.807) is 58.0 Å². The standard InChI is InChI=1S/C32H35ClN2O5S/c1-4-6-19-40-30(39)26-25-28(37)35(24(20-36)21-10-8-7-9-11-21)27(32(25)17-16-31(26,3)41-32)29(38)34(18-5-2)23-14-12-22(33)13-15-23/h4-5,7-15,24-27,36H,1-2,6,16-20H2,3H3/t24-,25+,26+,27?,31-,32?/m1/s1. The van der Waals surface area contributed by atoms with E-state index in [1.165, 1.54) is 0 Å². The molecule has 3 fully saturated rings. The zero-order chi connectivity index (χ0) is 29.4. The topological polar surface area (TPSA) is 87.1 Å². The number of halogens is 1. The van der Waals surface area contributed by atoms with Crippen molar-refractivity contribution in [1.82, 2.24) is 4.90 Å². The molecular weight excluding hydrogens is 560 g/mol. The van der Waals surface area contributed by atoms with Gasteiger partial charge in [0.1, 0.15) is 6.04 Å². The molecule has 216 valence electrons. The zero-order valence-electron chi connectivity index (χ0n) is 23.1. The Balaban J connectivity index is 1.63. The molecule has 2 amide bonds. The second-order valence-corrected chi connectivity index (χ2v) is 13.4. The monoisotopic (exact) mass is 594 g/mol. The van der Waals surface area contributed by atoms with E-state index in [2.05, 4.69) is 13.2 Å². The molecule has 0 aliphatic carbocycles. The third kappa shape index (κ3) is 4.90. The maximum Gasteiger partial charge on any atom is 0.311 e. The van der Waals surface area contributed by atoms with Gasteiger partial charge in [0.15, 0.2) is 0 Å². The van der Waals surface area contributed by atoms with Crippen molar-refractivity contribution in [3.63, 3.8) is 0 Å². The number of carbonyl (C=O) groups excluding carboxylic acids is 3. The Morgan fingerprint density at radius 3 is 2.51 bits per heavy atom. The Morgan fingerprint density at radius 1 is 1.17 bits per heavy atom. The van der Waals surface area contributed by atoms with E-state index in [1.807, 2.05) is 37.3 Å². The quantitative estimate of drug-likeness (QED) is 0.219. The predicted molar refractivity (Wildman–Crippen MR) is 162 cm³/mol. The minimum absolute atomic E-state index is 0.187. The average Bonchev–Trinajstić information content (AvgIpc) is 3.54. The van der Waals surface area contributed by atoms with E-state index in [0.29, 0.717) is 30.0 Å². The molecule has 3 heterocycles. The minimum Gasteiger partial charge on any atom is -0.465 e. The van der Waals surface area contributed by atoms with Gasteiger partial charge in [0, 0.05) is 22.0 Å². The number of benzene rings is 2. The normalized spacial score (nSPS) is 28.7. The number of anilines is 1. The van der Waals surface area contributed by atoms with Crippen LogP contribution in [0.1, 0.15) is 37.8 Å². The SMILES string of the molecule is C=CCCOC(=O)[C@@H]1[C@H]2C(=O)N([C@H](CO)c3ccccc3)C(C(=O)N(CC=C)c3ccc(Cl)cc3)C23CC[C@@]1(C)S3. The van der Waals surface area contributed by atoms with Crippen molar-refractivity contribution in [2.45, 2.75) is 47.8 Å². The third-order valence-corrected chi connectivity index (χ3v) is 10.9. The molecule has 6 atom stereocenters. The first-order valence-corrected chi connectivity index (χ1v) is 15.1. The summed E-state index contributed by atoms with van der Waals surface area (Å²) in [4.78, 5) is 46.1. The number of thioether (sulfide) groups is 1. The molecule has 1 N–H and O–H groups in total. The molecular formula is C32H35ClN2O5S. The fourth-order valence-electron chi connectivity index (χ4n) is 6.92. The first-order valence-electron chi connectivity index (χ1n) is 13.9. The summed E-state index contributed by atoms with van der Waals surface area (Å²) in [6.45, 7) is 9.59. The van der Waals surface area contributed by atoms with Gasteiger partial charge in [-0.25, -0.2) is 0 Å². The number of likely N-dealkylation sites (tertiary alicyclic amines) is 1. The minimum atomic E-state index is -0.925. The van der Waals surface area contributed by atoms with Crippen LogP contribution in [0.4, 0.5) is 5.69 Å². The van der Waals surface area contributed by atoms with Crippen molar-refractivity contribution in [2.75, 3.05) is 24.7 Å². The smallest absolute Gasteiger partial charge is 0.311 e. The molecule has 3 aliphatic rings. The molecule has 41 heavy (non-hydrogen) atoms. The largest absolute Gasteiger partial charge is 0.465 e. The zero-order valence-corrected chi connectivity index (χ0v) is 24.7. The van der Waals surface area contributed by atoms with Crippen LogP contribution in [0.5, 0.6) is 0 Å². The molecule has 2 unspecified atom stereocenters. The number of nitrogens with zero attached hydrogens (tertiary/aromatic N) is 2. The van der Waals surface area contributed by atoms with Gasteiger partial charge in [0.05, 0.1) is 35.8 Å². The van der Waals surface area contributed by atoms with Crippen LogP contribution in [-0.2, 0) is 19.1 Å². The van der Waals surface area contributed by atoms with Crippen molar-refractivity contribution < 1.29 is 24.2 Å². The van der Waals surface area contributed by atoms with Crippen LogP contribution in [0.3, 0.4) is 0 Å². The highest BCUT2D eigenvalue weighted by molar-refractivity contribution is 8.02. The first-order chi connectivity index (χ1) is 19.7. The molecule has 9 heteroatoms. The highest BCUT2D eigenvalue weighted by atomic mass is 35.5. The lowest BCUT2D eigenvalue weighted by Gasteiger charge is -2.39. The second-order valence-electron chi connectivity index (χ2n) is 11.0. The molecule has 2 aromatic carbocycles. The van der Waals surface area contributed by atoms with Crippen molar-refractivity contribution in [2.24, 2.45) is 11.8 Å². The third-order valence-electron chi connectivity index (χ3n) is 8.68. The molecule has 7 nitrogen and oxygen atoms in total. The summed E-state index contributed by atoms with van der Waals surface area (Å²) in [5.41, 5.74) is 1.34. The summed E-state index contributed by atoms with van der Waals surface area (Å²) < 4.78 is 4.23. The first kappa shape index (κ1) is 29.4. The number of hydrogen-bond acceptors (Lipinski definition) is 6. The van der Waals surface area contributed by atoms with E-state index >= 15 is 0 Å². The summed E-state index contributed by atoms with van der Waals surface area (Å²) in [7, 11) is 0. The highest BCUT2D eigenvalue weighted by Gasteiger charge is 2.78. The number of amides is 2. The number of carbonyl (C=O) groups is 3. The van der Waals surface area contributed by atoms with Gasteiger partial charge in [-0.3, -0.25) is 14.4 Å². The van der Waals surface area contributed by atoms with Gasteiger partial charge in [-0.2, -0.15) is 0 Å². The lowest BCUT2D eigenvalue weighted by molar-refractivity contribution is -0.156. The van der Waals surface area contributed by atoms with E-state index in [4.69, 9.17) is 16.3 Å². The number of aliphatic hydroxyl groups excluding tert-OH is 1. The fraction of sp³-hybridized carbons (Fsp3) is 0.406. The van der Waals surface area contributed by atoms with Gasteiger partial charge in [0.25, 0.3) is 5.91 Å². The molecule has 2 aromatic rings. The van der Waals surface area contributed by atoms with Crippen LogP contribution in [0.15, 0.2) is 79.9 Å². The number of aliphatic hydroxyl groups is 1. The molecule has 0 saturated carbocycles. The van der Waals surface area contributed by atoms with E-state index in [0.717, 1.165) is 5.56 Å². The average molecular weight is 595 g/mol. The summed E-state index contributed by atoms with van der Waals surface area (Å²) in [5, 5.41) is 11.2. The number of esters is 1. The van der Waals surface area contributed by atoms with Gasteiger partial charge in [-0.15, -0.1) is 24.9 Å². The Labute approximate surface area is 250 Å². The van der Waals surface area contributed by atoms with E-state index in [-0.39, 0.29) is 31.6 Å². The maximum absolute atomic E-state index is 14.8. The second kappa shape index (κ2) is 11.7. The summed E-state index contributed by atoms with van der Waals surface area (Å²) in [6.07, 6.45) is 5.09. The number of rotatable bonds is 11. The van der Waals surface area contributed by atoms with E-state index in [9.17, 15) is 19.5 Å². The van der Waals surface area contributed by atoms with Crippen molar-refractivity contribution in [1.29, 1.82) is 0 Å². The van der Waals surface area contributed by atoms with Gasteiger partial charge >= 0.3 is 5.97 Å². The molecule has 0 radical (unpaired) electrons. The van der Waals surface area contributed by atoms with Gasteiger partial charge < -0.3 is 19.6 Å². The summed E-state index contributed by atoms with van der Waals surface area (Å²) in [6, 6.07) is 14.5. The Hall–Kier alpha value is -3.07. The Bertz CT molecular complexity index is 1340. The Kier molecular flexibility index (Phi) is 8.37. The summed E-state index contributed by atoms with van der Waals surface area (Å²) >= 11 is 7.71. The molecule has 3 saturated heterocycles. The molecule has 5 rings (SSSR count). The van der Waals surface area contributed by atoms with Gasteiger partial charge in [0.2, 0.25) is 5.91 Å².